The Bertz CT molecular complexity index is 131. The van der Waals surface area contributed by atoms with Gasteiger partial charge in [0.1, 0.15) is 0 Å². The second kappa shape index (κ2) is 4.45. The molecule has 0 spiro atoms. The second-order valence-electron chi connectivity index (χ2n) is 5.13. The molecule has 80 valence electrons. The van der Waals surface area contributed by atoms with Gasteiger partial charge in [-0.25, -0.2) is 0 Å². The van der Waals surface area contributed by atoms with Crippen molar-refractivity contribution >= 4 is 0 Å². The summed E-state index contributed by atoms with van der Waals surface area (Å²) in [6.45, 7) is 15.1. The first kappa shape index (κ1) is 13.0. The van der Waals surface area contributed by atoms with Gasteiger partial charge in [-0.2, -0.15) is 0 Å². The Balaban J connectivity index is 0.000000671. The molecule has 0 atom stereocenters. The second-order valence-corrected chi connectivity index (χ2v) is 5.13. The van der Waals surface area contributed by atoms with Gasteiger partial charge in [-0.1, -0.05) is 20.8 Å². The van der Waals surface area contributed by atoms with E-state index in [2.05, 4.69) is 34.6 Å². The predicted molar refractivity (Wildman–Crippen MR) is 59.0 cm³/mol. The van der Waals surface area contributed by atoms with E-state index in [1.807, 2.05) is 13.8 Å². The lowest BCUT2D eigenvalue weighted by atomic mass is 9.82. The summed E-state index contributed by atoms with van der Waals surface area (Å²) >= 11 is 0. The number of rotatable bonds is 0. The molecule has 0 aromatic carbocycles. The van der Waals surface area contributed by atoms with Gasteiger partial charge in [-0.3, -0.25) is 0 Å². The molecule has 0 amide bonds. The molecule has 0 unspecified atom stereocenters. The first-order valence-electron chi connectivity index (χ1n) is 5.51. The van der Waals surface area contributed by atoms with E-state index in [0.717, 1.165) is 5.92 Å². The molecule has 0 aliphatic carbocycles. The molecule has 13 heavy (non-hydrogen) atoms. The highest BCUT2D eigenvalue weighted by Crippen LogP contribution is 2.37. The smallest absolute Gasteiger partial charge is 0.0636 e. The Labute approximate surface area is 83.9 Å². The Morgan fingerprint density at radius 3 is 1.46 bits per heavy atom. The van der Waals surface area contributed by atoms with Gasteiger partial charge in [0.25, 0.3) is 0 Å². The fraction of sp³-hybridized carbons (Fsp3) is 1.00. The molecule has 1 aliphatic rings. The minimum Gasteiger partial charge on any atom is -0.370 e. The molecule has 1 heterocycles. The quantitative estimate of drug-likeness (QED) is 0.555. The van der Waals surface area contributed by atoms with Crippen LogP contribution in [0, 0.1) is 5.92 Å². The highest BCUT2D eigenvalue weighted by atomic mass is 16.5. The van der Waals surface area contributed by atoms with Gasteiger partial charge in [-0.15, -0.1) is 0 Å². The lowest BCUT2D eigenvalue weighted by Crippen LogP contribution is -2.44. The molecule has 0 saturated carbocycles. The zero-order chi connectivity index (χ0) is 10.7. The van der Waals surface area contributed by atoms with Gasteiger partial charge in [0.2, 0.25) is 0 Å². The molecular formula is C12H26O. The first-order valence-corrected chi connectivity index (χ1v) is 5.51. The van der Waals surface area contributed by atoms with Crippen LogP contribution in [0.1, 0.15) is 61.3 Å². The largest absolute Gasteiger partial charge is 0.370 e. The van der Waals surface area contributed by atoms with Crippen LogP contribution in [0.25, 0.3) is 0 Å². The van der Waals surface area contributed by atoms with Crippen LogP contribution in [0.15, 0.2) is 0 Å². The van der Waals surface area contributed by atoms with Crippen LogP contribution in [0.2, 0.25) is 0 Å². The van der Waals surface area contributed by atoms with Crippen molar-refractivity contribution < 1.29 is 4.74 Å². The van der Waals surface area contributed by atoms with E-state index in [9.17, 15) is 0 Å². The molecule has 1 heteroatoms. The molecule has 0 bridgehead atoms. The molecule has 0 aromatic heterocycles. The summed E-state index contributed by atoms with van der Waals surface area (Å²) in [5, 5.41) is 0. The number of ether oxygens (including phenoxy) is 1. The van der Waals surface area contributed by atoms with Gasteiger partial charge < -0.3 is 4.74 Å². The molecule has 1 nitrogen and oxygen atoms in total. The Hall–Kier alpha value is -0.0400. The molecule has 0 N–H and O–H groups in total. The minimum atomic E-state index is 0.0845. The van der Waals surface area contributed by atoms with Gasteiger partial charge in [0.05, 0.1) is 11.2 Å². The zero-order valence-corrected chi connectivity index (χ0v) is 10.4. The average molecular weight is 186 g/mol. The van der Waals surface area contributed by atoms with Crippen molar-refractivity contribution in [3.63, 3.8) is 0 Å². The van der Waals surface area contributed by atoms with E-state index in [1.54, 1.807) is 0 Å². The minimum absolute atomic E-state index is 0.0845. The SMILES string of the molecule is CC.CC1CC(C)(C)OC(C)(C)C1. The summed E-state index contributed by atoms with van der Waals surface area (Å²) in [6, 6.07) is 0. The third-order valence-corrected chi connectivity index (χ3v) is 2.23. The Morgan fingerprint density at radius 1 is 0.923 bits per heavy atom. The van der Waals surface area contributed by atoms with Crippen LogP contribution in [0.5, 0.6) is 0 Å². The molecule has 1 rings (SSSR count). The van der Waals surface area contributed by atoms with Crippen LogP contribution < -0.4 is 0 Å². The van der Waals surface area contributed by atoms with E-state index >= 15 is 0 Å². The molecule has 0 radical (unpaired) electrons. The van der Waals surface area contributed by atoms with Crippen molar-refractivity contribution in [3.05, 3.63) is 0 Å². The summed E-state index contributed by atoms with van der Waals surface area (Å²) in [4.78, 5) is 0. The van der Waals surface area contributed by atoms with Crippen LogP contribution in [0.4, 0.5) is 0 Å². The van der Waals surface area contributed by atoms with Gasteiger partial charge >= 0.3 is 0 Å². The summed E-state index contributed by atoms with van der Waals surface area (Å²) < 4.78 is 5.93. The van der Waals surface area contributed by atoms with Crippen molar-refractivity contribution in [1.29, 1.82) is 0 Å². The first-order chi connectivity index (χ1) is 5.81. The normalized spacial score (nSPS) is 26.1. The van der Waals surface area contributed by atoms with Crippen LogP contribution in [0.3, 0.4) is 0 Å². The molecule has 1 fully saturated rings. The van der Waals surface area contributed by atoms with Crippen molar-refractivity contribution in [2.24, 2.45) is 5.92 Å². The maximum atomic E-state index is 5.93. The Kier molecular flexibility index (Phi) is 4.44. The van der Waals surface area contributed by atoms with Crippen molar-refractivity contribution in [2.45, 2.75) is 72.5 Å². The van der Waals surface area contributed by atoms with Crippen LogP contribution >= 0.6 is 0 Å². The fourth-order valence-corrected chi connectivity index (χ4v) is 2.58. The summed E-state index contributed by atoms with van der Waals surface area (Å²) in [6.07, 6.45) is 2.38. The average Bonchev–Trinajstić information content (AvgIpc) is 1.82. The fourth-order valence-electron chi connectivity index (χ4n) is 2.58. The highest BCUT2D eigenvalue weighted by molar-refractivity contribution is 4.86. The van der Waals surface area contributed by atoms with E-state index < -0.39 is 0 Å². The van der Waals surface area contributed by atoms with E-state index in [4.69, 9.17) is 4.74 Å². The van der Waals surface area contributed by atoms with Crippen molar-refractivity contribution in [2.75, 3.05) is 0 Å². The van der Waals surface area contributed by atoms with E-state index in [1.165, 1.54) is 12.8 Å². The lowest BCUT2D eigenvalue weighted by molar-refractivity contribution is -0.170. The van der Waals surface area contributed by atoms with Crippen LogP contribution in [-0.4, -0.2) is 11.2 Å². The topological polar surface area (TPSA) is 9.23 Å². The number of hydrogen-bond donors (Lipinski definition) is 0. The van der Waals surface area contributed by atoms with Gasteiger partial charge in [0, 0.05) is 0 Å². The monoisotopic (exact) mass is 186 g/mol. The van der Waals surface area contributed by atoms with Crippen molar-refractivity contribution in [1.82, 2.24) is 0 Å². The zero-order valence-electron chi connectivity index (χ0n) is 10.4. The van der Waals surface area contributed by atoms with Crippen LogP contribution in [-0.2, 0) is 4.74 Å². The van der Waals surface area contributed by atoms with E-state index in [-0.39, 0.29) is 11.2 Å². The standard InChI is InChI=1S/C10H20O.C2H6/c1-8-6-9(2,3)11-10(4,5)7-8;1-2/h8H,6-7H2,1-5H3;1-2H3. The maximum Gasteiger partial charge on any atom is 0.0636 e. The summed E-state index contributed by atoms with van der Waals surface area (Å²) in [7, 11) is 0. The number of hydrogen-bond acceptors (Lipinski definition) is 1. The molecular weight excluding hydrogens is 160 g/mol. The third kappa shape index (κ3) is 4.66. The van der Waals surface area contributed by atoms with E-state index in [0.29, 0.717) is 0 Å². The third-order valence-electron chi connectivity index (χ3n) is 2.23. The molecule has 1 aliphatic heterocycles. The Morgan fingerprint density at radius 2 is 1.23 bits per heavy atom. The maximum absolute atomic E-state index is 5.93. The highest BCUT2D eigenvalue weighted by Gasteiger charge is 2.37. The molecule has 0 aromatic rings. The van der Waals surface area contributed by atoms with Gasteiger partial charge in [-0.05, 0) is 46.5 Å². The lowest BCUT2D eigenvalue weighted by Gasteiger charge is -2.44. The summed E-state index contributed by atoms with van der Waals surface area (Å²) in [5.74, 6) is 0.800. The summed E-state index contributed by atoms with van der Waals surface area (Å²) in [5.41, 5.74) is 0.169. The van der Waals surface area contributed by atoms with Gasteiger partial charge in [0.15, 0.2) is 0 Å². The predicted octanol–water partition coefficient (Wildman–Crippen LogP) is 4.02. The van der Waals surface area contributed by atoms with Crippen molar-refractivity contribution in [3.8, 4) is 0 Å². The molecule has 1 saturated heterocycles.